The molecule has 1 amide bonds. The van der Waals surface area contributed by atoms with Gasteiger partial charge in [0.15, 0.2) is 0 Å². The number of carbonyl (C=O) groups is 1. The molecular weight excluding hydrogens is 268 g/mol. The number of hydrogen-bond acceptors (Lipinski definition) is 4. The lowest BCUT2D eigenvalue weighted by atomic mass is 10.3. The summed E-state index contributed by atoms with van der Waals surface area (Å²) < 4.78 is 5.00. The Morgan fingerprint density at radius 1 is 1.56 bits per heavy atom. The summed E-state index contributed by atoms with van der Waals surface area (Å²) in [6.07, 6.45) is 1.37. The van der Waals surface area contributed by atoms with E-state index in [1.165, 1.54) is 11.3 Å². The van der Waals surface area contributed by atoms with Crippen molar-refractivity contribution in [2.24, 2.45) is 5.73 Å². The van der Waals surface area contributed by atoms with Gasteiger partial charge in [0.1, 0.15) is 0 Å². The number of hydrogen-bond donors (Lipinski definition) is 1. The van der Waals surface area contributed by atoms with E-state index in [9.17, 15) is 4.79 Å². The lowest BCUT2D eigenvalue weighted by molar-refractivity contribution is 0.0746. The van der Waals surface area contributed by atoms with Gasteiger partial charge in [-0.1, -0.05) is 18.3 Å². The smallest absolute Gasteiger partial charge is 0.263 e. The SMILES string of the molecule is COCCCN(CCC(N)=S)C(=O)c1cccs1. The first-order valence-corrected chi connectivity index (χ1v) is 7.04. The van der Waals surface area contributed by atoms with E-state index in [0.29, 0.717) is 31.1 Å². The average molecular weight is 286 g/mol. The number of ether oxygens (including phenoxy) is 1. The molecule has 0 fully saturated rings. The molecule has 6 heteroatoms. The zero-order valence-corrected chi connectivity index (χ0v) is 12.1. The highest BCUT2D eigenvalue weighted by Gasteiger charge is 2.16. The van der Waals surface area contributed by atoms with Gasteiger partial charge in [-0.15, -0.1) is 11.3 Å². The van der Waals surface area contributed by atoms with Gasteiger partial charge in [0.05, 0.1) is 9.87 Å². The molecule has 1 aromatic rings. The highest BCUT2D eigenvalue weighted by Crippen LogP contribution is 2.12. The molecule has 0 saturated heterocycles. The summed E-state index contributed by atoms with van der Waals surface area (Å²) >= 11 is 6.30. The fourth-order valence-corrected chi connectivity index (χ4v) is 2.30. The molecule has 0 aliphatic heterocycles. The topological polar surface area (TPSA) is 55.6 Å². The Labute approximate surface area is 117 Å². The number of carbonyl (C=O) groups excluding carboxylic acids is 1. The average Bonchev–Trinajstić information content (AvgIpc) is 2.86. The molecule has 0 saturated carbocycles. The van der Waals surface area contributed by atoms with Crippen molar-refractivity contribution in [3.05, 3.63) is 22.4 Å². The van der Waals surface area contributed by atoms with Gasteiger partial charge >= 0.3 is 0 Å². The van der Waals surface area contributed by atoms with Gasteiger partial charge in [-0.3, -0.25) is 4.79 Å². The molecule has 18 heavy (non-hydrogen) atoms. The van der Waals surface area contributed by atoms with Gasteiger partial charge in [0.2, 0.25) is 0 Å². The first-order chi connectivity index (χ1) is 8.65. The molecule has 1 rings (SSSR count). The molecule has 0 aliphatic rings. The van der Waals surface area contributed by atoms with Crippen LogP contribution in [0.4, 0.5) is 0 Å². The molecule has 2 N–H and O–H groups in total. The zero-order chi connectivity index (χ0) is 13.4. The van der Waals surface area contributed by atoms with Crippen LogP contribution in [-0.2, 0) is 4.74 Å². The van der Waals surface area contributed by atoms with Crippen LogP contribution in [0.3, 0.4) is 0 Å². The molecule has 4 nitrogen and oxygen atoms in total. The lowest BCUT2D eigenvalue weighted by Crippen LogP contribution is -2.34. The van der Waals surface area contributed by atoms with E-state index < -0.39 is 0 Å². The van der Waals surface area contributed by atoms with Crippen LogP contribution in [0.1, 0.15) is 22.5 Å². The minimum atomic E-state index is 0.0392. The van der Waals surface area contributed by atoms with Crippen LogP contribution in [0.15, 0.2) is 17.5 Å². The van der Waals surface area contributed by atoms with Gasteiger partial charge in [-0.05, 0) is 17.9 Å². The summed E-state index contributed by atoms with van der Waals surface area (Å²) in [4.78, 5) is 15.2. The Kier molecular flexibility index (Phi) is 6.85. The van der Waals surface area contributed by atoms with Crippen LogP contribution in [0.2, 0.25) is 0 Å². The minimum Gasteiger partial charge on any atom is -0.393 e. The maximum atomic E-state index is 12.2. The first-order valence-electron chi connectivity index (χ1n) is 5.75. The summed E-state index contributed by atoms with van der Waals surface area (Å²) in [5, 5.41) is 1.90. The number of nitrogens with zero attached hydrogens (tertiary/aromatic N) is 1. The van der Waals surface area contributed by atoms with Crippen LogP contribution in [0, 0.1) is 0 Å². The normalized spacial score (nSPS) is 10.3. The standard InChI is InChI=1S/C12H18N2O2S2/c1-16-8-3-6-14(7-5-11(13)17)12(15)10-4-2-9-18-10/h2,4,9H,3,5-8H2,1H3,(H2,13,17). The van der Waals surface area contributed by atoms with Crippen LogP contribution in [0.25, 0.3) is 0 Å². The maximum Gasteiger partial charge on any atom is 0.263 e. The summed E-state index contributed by atoms with van der Waals surface area (Å²) in [5.41, 5.74) is 5.49. The fourth-order valence-electron chi connectivity index (χ4n) is 1.52. The van der Waals surface area contributed by atoms with E-state index in [0.717, 1.165) is 11.3 Å². The van der Waals surface area contributed by atoms with Gasteiger partial charge in [0.25, 0.3) is 5.91 Å². The Bertz CT molecular complexity index is 379. The Balaban J connectivity index is 2.57. The van der Waals surface area contributed by atoms with Crippen molar-refractivity contribution in [3.63, 3.8) is 0 Å². The molecule has 0 aromatic carbocycles. The Morgan fingerprint density at radius 3 is 2.89 bits per heavy atom. The molecular formula is C12H18N2O2S2. The number of thiocarbonyl (C=S) groups is 1. The molecule has 0 spiro atoms. The largest absolute Gasteiger partial charge is 0.393 e. The van der Waals surface area contributed by atoms with Crippen molar-refractivity contribution >= 4 is 34.5 Å². The van der Waals surface area contributed by atoms with Crippen LogP contribution >= 0.6 is 23.6 Å². The van der Waals surface area contributed by atoms with Crippen LogP contribution in [-0.4, -0.2) is 42.6 Å². The summed E-state index contributed by atoms with van der Waals surface area (Å²) in [6.45, 7) is 1.87. The predicted molar refractivity (Wildman–Crippen MR) is 78.1 cm³/mol. The Morgan fingerprint density at radius 2 is 2.33 bits per heavy atom. The minimum absolute atomic E-state index is 0.0392. The van der Waals surface area contributed by atoms with Gasteiger partial charge in [-0.2, -0.15) is 0 Å². The number of methoxy groups -OCH3 is 1. The van der Waals surface area contributed by atoms with Crippen molar-refractivity contribution in [3.8, 4) is 0 Å². The molecule has 0 aliphatic carbocycles. The molecule has 1 heterocycles. The molecule has 0 atom stereocenters. The second-order valence-corrected chi connectivity index (χ2v) is 5.30. The quantitative estimate of drug-likeness (QED) is 0.586. The third-order valence-electron chi connectivity index (χ3n) is 2.42. The number of rotatable bonds is 8. The molecule has 100 valence electrons. The van der Waals surface area contributed by atoms with E-state index in [-0.39, 0.29) is 5.91 Å². The van der Waals surface area contributed by atoms with Crippen LogP contribution in [0.5, 0.6) is 0 Å². The second kappa shape index (κ2) is 8.18. The second-order valence-electron chi connectivity index (χ2n) is 3.83. The summed E-state index contributed by atoms with van der Waals surface area (Å²) in [7, 11) is 1.65. The fraction of sp³-hybridized carbons (Fsp3) is 0.500. The summed E-state index contributed by atoms with van der Waals surface area (Å²) in [6, 6.07) is 3.70. The number of amides is 1. The number of nitrogens with two attached hydrogens (primary N) is 1. The number of thiophene rings is 1. The van der Waals surface area contributed by atoms with Gasteiger partial charge < -0.3 is 15.4 Å². The van der Waals surface area contributed by atoms with Crippen molar-refractivity contribution in [1.82, 2.24) is 4.90 Å². The third-order valence-corrected chi connectivity index (χ3v) is 3.49. The van der Waals surface area contributed by atoms with E-state index in [2.05, 4.69) is 0 Å². The molecule has 0 unspecified atom stereocenters. The third kappa shape index (κ3) is 5.12. The van der Waals surface area contributed by atoms with Crippen molar-refractivity contribution in [1.29, 1.82) is 0 Å². The molecule has 0 bridgehead atoms. The van der Waals surface area contributed by atoms with Gasteiger partial charge in [-0.25, -0.2) is 0 Å². The van der Waals surface area contributed by atoms with Crippen molar-refractivity contribution < 1.29 is 9.53 Å². The predicted octanol–water partition coefficient (Wildman–Crippen LogP) is 1.90. The zero-order valence-electron chi connectivity index (χ0n) is 10.4. The maximum absolute atomic E-state index is 12.2. The molecule has 1 aromatic heterocycles. The van der Waals surface area contributed by atoms with Crippen LogP contribution < -0.4 is 5.73 Å². The lowest BCUT2D eigenvalue weighted by Gasteiger charge is -2.21. The highest BCUT2D eigenvalue weighted by molar-refractivity contribution is 7.80. The van der Waals surface area contributed by atoms with E-state index in [1.54, 1.807) is 12.0 Å². The monoisotopic (exact) mass is 286 g/mol. The molecule has 0 radical (unpaired) electrons. The van der Waals surface area contributed by atoms with Gasteiger partial charge in [0, 0.05) is 33.2 Å². The van der Waals surface area contributed by atoms with E-state index in [1.807, 2.05) is 17.5 Å². The summed E-state index contributed by atoms with van der Waals surface area (Å²) in [5.74, 6) is 0.0392. The Hall–Kier alpha value is -0.980. The highest BCUT2D eigenvalue weighted by atomic mass is 32.1. The van der Waals surface area contributed by atoms with E-state index >= 15 is 0 Å². The van der Waals surface area contributed by atoms with Crippen molar-refractivity contribution in [2.45, 2.75) is 12.8 Å². The van der Waals surface area contributed by atoms with E-state index in [4.69, 9.17) is 22.7 Å². The first kappa shape index (κ1) is 15.1. The van der Waals surface area contributed by atoms with Crippen molar-refractivity contribution in [2.75, 3.05) is 26.8 Å².